The molecule has 7 nitrogen and oxygen atoms in total. The molecule has 0 radical (unpaired) electrons. The van der Waals surface area contributed by atoms with Crippen LogP contribution in [-0.2, 0) is 6.42 Å². The van der Waals surface area contributed by atoms with Crippen molar-refractivity contribution in [2.45, 2.75) is 51.4 Å². The van der Waals surface area contributed by atoms with Crippen LogP contribution >= 0.6 is 0 Å². The Bertz CT molecular complexity index is 973. The van der Waals surface area contributed by atoms with Gasteiger partial charge in [-0.2, -0.15) is 0 Å². The van der Waals surface area contributed by atoms with E-state index in [0.717, 1.165) is 62.2 Å². The van der Waals surface area contributed by atoms with Crippen molar-refractivity contribution in [1.29, 1.82) is 0 Å². The van der Waals surface area contributed by atoms with E-state index in [1.807, 2.05) is 18.0 Å². The third kappa shape index (κ3) is 4.23. The van der Waals surface area contributed by atoms with Gasteiger partial charge in [0.15, 0.2) is 0 Å². The monoisotopic (exact) mass is 420 g/mol. The largest absolute Gasteiger partial charge is 0.373 e. The minimum absolute atomic E-state index is 0.0636. The van der Waals surface area contributed by atoms with E-state index in [1.165, 1.54) is 24.8 Å². The molecule has 1 amide bonds. The molecule has 1 saturated heterocycles. The molecule has 1 unspecified atom stereocenters. The molecule has 164 valence electrons. The second kappa shape index (κ2) is 8.44. The number of amides is 1. The fourth-order valence-corrected chi connectivity index (χ4v) is 4.94. The van der Waals surface area contributed by atoms with Crippen LogP contribution in [0.4, 0.5) is 11.6 Å². The number of carbonyl (C=O) groups excluding carboxylic acids is 1. The summed E-state index contributed by atoms with van der Waals surface area (Å²) in [7, 11) is 1.82. The van der Waals surface area contributed by atoms with Gasteiger partial charge in [0, 0.05) is 62.2 Å². The van der Waals surface area contributed by atoms with Gasteiger partial charge in [0.2, 0.25) is 0 Å². The van der Waals surface area contributed by atoms with Gasteiger partial charge < -0.3 is 15.1 Å². The van der Waals surface area contributed by atoms with Gasteiger partial charge in [0.1, 0.15) is 17.5 Å². The Hall–Kier alpha value is -2.70. The lowest BCUT2D eigenvalue weighted by atomic mass is 9.95. The topological polar surface area (TPSA) is 74.2 Å². The number of nitrogens with zero attached hydrogens (tertiary/aromatic N) is 5. The Morgan fingerprint density at radius 2 is 2.06 bits per heavy atom. The molecule has 2 aromatic rings. The first kappa shape index (κ1) is 20.2. The van der Waals surface area contributed by atoms with E-state index in [4.69, 9.17) is 9.97 Å². The highest BCUT2D eigenvalue weighted by atomic mass is 16.2. The third-order valence-electron chi connectivity index (χ3n) is 6.88. The molecule has 1 atom stereocenters. The first-order chi connectivity index (χ1) is 15.1. The van der Waals surface area contributed by atoms with Crippen LogP contribution in [0.1, 0.15) is 65.5 Å². The molecule has 31 heavy (non-hydrogen) atoms. The number of anilines is 2. The molecular formula is C24H32N6O. The first-order valence-electron chi connectivity index (χ1n) is 11.7. The van der Waals surface area contributed by atoms with Crippen molar-refractivity contribution in [1.82, 2.24) is 19.9 Å². The second-order valence-electron chi connectivity index (χ2n) is 9.23. The standard InChI is InChI=1S/C24H32N6O/c1-16-20-6-4-11-29(14-17-7-8-17)23(20)28-22(27-16)19-5-3-12-30(15-19)24(31)18-9-10-26-21(13-18)25-2/h9-10,13,17,19H,3-8,11-12,14-15H2,1-2H3,(H,25,26). The van der Waals surface area contributed by atoms with E-state index < -0.39 is 0 Å². The fraction of sp³-hybridized carbons (Fsp3) is 0.583. The quantitative estimate of drug-likeness (QED) is 0.799. The lowest BCUT2D eigenvalue weighted by Gasteiger charge is -2.34. The van der Waals surface area contributed by atoms with Gasteiger partial charge in [0.25, 0.3) is 5.91 Å². The van der Waals surface area contributed by atoms with Crippen molar-refractivity contribution >= 4 is 17.5 Å². The molecule has 7 heteroatoms. The summed E-state index contributed by atoms with van der Waals surface area (Å²) in [5.74, 6) is 3.89. The zero-order chi connectivity index (χ0) is 21.4. The number of rotatable bonds is 5. The minimum atomic E-state index is 0.0636. The van der Waals surface area contributed by atoms with Gasteiger partial charge in [-0.25, -0.2) is 15.0 Å². The second-order valence-corrected chi connectivity index (χ2v) is 9.23. The maximum absolute atomic E-state index is 13.1. The van der Waals surface area contributed by atoms with Crippen LogP contribution in [0.25, 0.3) is 0 Å². The highest BCUT2D eigenvalue weighted by Gasteiger charge is 2.32. The molecule has 3 aliphatic rings. The summed E-state index contributed by atoms with van der Waals surface area (Å²) in [6.45, 7) is 5.83. The average Bonchev–Trinajstić information content (AvgIpc) is 3.63. The average molecular weight is 421 g/mol. The van der Waals surface area contributed by atoms with E-state index >= 15 is 0 Å². The number of piperidine rings is 1. The fourth-order valence-electron chi connectivity index (χ4n) is 4.94. The Morgan fingerprint density at radius 3 is 2.87 bits per heavy atom. The van der Waals surface area contributed by atoms with Gasteiger partial charge >= 0.3 is 0 Å². The Labute approximate surface area is 184 Å². The van der Waals surface area contributed by atoms with Crippen molar-refractivity contribution in [3.8, 4) is 0 Å². The number of likely N-dealkylation sites (tertiary alicyclic amines) is 1. The van der Waals surface area contributed by atoms with E-state index in [9.17, 15) is 4.79 Å². The van der Waals surface area contributed by atoms with Crippen LogP contribution in [-0.4, -0.2) is 59.0 Å². The van der Waals surface area contributed by atoms with Gasteiger partial charge in [0.05, 0.1) is 0 Å². The molecule has 2 aliphatic heterocycles. The summed E-state index contributed by atoms with van der Waals surface area (Å²) >= 11 is 0. The smallest absolute Gasteiger partial charge is 0.254 e. The normalized spacial score (nSPS) is 21.0. The Kier molecular flexibility index (Phi) is 5.50. The van der Waals surface area contributed by atoms with Crippen molar-refractivity contribution in [3.05, 3.63) is 41.0 Å². The summed E-state index contributed by atoms with van der Waals surface area (Å²) in [6, 6.07) is 3.61. The summed E-state index contributed by atoms with van der Waals surface area (Å²) in [5, 5.41) is 3.01. The van der Waals surface area contributed by atoms with Crippen LogP contribution in [0.15, 0.2) is 18.3 Å². The Balaban J connectivity index is 1.37. The SMILES string of the molecule is CNc1cc(C(=O)N2CCCC(c3nc(C)c4c(n3)N(CC3CC3)CCC4)C2)ccn1. The number of nitrogens with one attached hydrogen (secondary N) is 1. The van der Waals surface area contributed by atoms with Crippen molar-refractivity contribution in [3.63, 3.8) is 0 Å². The molecule has 2 aromatic heterocycles. The molecule has 1 N–H and O–H groups in total. The highest BCUT2D eigenvalue weighted by Crippen LogP contribution is 2.36. The number of pyridine rings is 1. The summed E-state index contributed by atoms with van der Waals surface area (Å²) < 4.78 is 0. The van der Waals surface area contributed by atoms with Gasteiger partial charge in [-0.05, 0) is 63.5 Å². The van der Waals surface area contributed by atoms with Crippen LogP contribution in [0, 0.1) is 12.8 Å². The molecule has 0 aromatic carbocycles. The zero-order valence-corrected chi connectivity index (χ0v) is 18.6. The van der Waals surface area contributed by atoms with Crippen LogP contribution in [0.3, 0.4) is 0 Å². The predicted octanol–water partition coefficient (Wildman–Crippen LogP) is 3.40. The van der Waals surface area contributed by atoms with Crippen molar-refractivity contribution in [2.75, 3.05) is 43.4 Å². The molecular weight excluding hydrogens is 388 g/mol. The Morgan fingerprint density at radius 1 is 1.19 bits per heavy atom. The number of aromatic nitrogens is 3. The van der Waals surface area contributed by atoms with E-state index in [0.29, 0.717) is 17.9 Å². The van der Waals surface area contributed by atoms with Crippen LogP contribution in [0.2, 0.25) is 0 Å². The van der Waals surface area contributed by atoms with E-state index in [2.05, 4.69) is 22.1 Å². The van der Waals surface area contributed by atoms with Gasteiger partial charge in [-0.1, -0.05) is 0 Å². The zero-order valence-electron chi connectivity index (χ0n) is 18.6. The van der Waals surface area contributed by atoms with E-state index in [-0.39, 0.29) is 11.8 Å². The minimum Gasteiger partial charge on any atom is -0.373 e. The van der Waals surface area contributed by atoms with Gasteiger partial charge in [-0.15, -0.1) is 0 Å². The summed E-state index contributed by atoms with van der Waals surface area (Å²) in [6.07, 6.45) is 8.67. The molecule has 4 heterocycles. The molecule has 0 spiro atoms. The van der Waals surface area contributed by atoms with Gasteiger partial charge in [-0.3, -0.25) is 4.79 Å². The predicted molar refractivity (Wildman–Crippen MR) is 122 cm³/mol. The first-order valence-corrected chi connectivity index (χ1v) is 11.7. The summed E-state index contributed by atoms with van der Waals surface area (Å²) in [5.41, 5.74) is 3.13. The molecule has 1 aliphatic carbocycles. The lowest BCUT2D eigenvalue weighted by molar-refractivity contribution is 0.0704. The molecule has 5 rings (SSSR count). The number of hydrogen-bond donors (Lipinski definition) is 1. The third-order valence-corrected chi connectivity index (χ3v) is 6.88. The van der Waals surface area contributed by atoms with E-state index in [1.54, 1.807) is 12.3 Å². The van der Waals surface area contributed by atoms with Crippen molar-refractivity contribution in [2.24, 2.45) is 5.92 Å². The number of hydrogen-bond acceptors (Lipinski definition) is 6. The van der Waals surface area contributed by atoms with Crippen LogP contribution < -0.4 is 10.2 Å². The number of carbonyl (C=O) groups is 1. The molecule has 2 fully saturated rings. The molecule has 0 bridgehead atoms. The highest BCUT2D eigenvalue weighted by molar-refractivity contribution is 5.95. The van der Waals surface area contributed by atoms with Crippen LogP contribution in [0.5, 0.6) is 0 Å². The number of aryl methyl sites for hydroxylation is 1. The molecule has 1 saturated carbocycles. The van der Waals surface area contributed by atoms with Crippen molar-refractivity contribution < 1.29 is 4.79 Å². The lowest BCUT2D eigenvalue weighted by Crippen LogP contribution is -2.40. The maximum atomic E-state index is 13.1. The summed E-state index contributed by atoms with van der Waals surface area (Å²) in [4.78, 5) is 31.9. The number of fused-ring (bicyclic) bond motifs is 1. The maximum Gasteiger partial charge on any atom is 0.254 e.